The highest BCUT2D eigenvalue weighted by Gasteiger charge is 2.21. The third kappa shape index (κ3) is 4.36. The summed E-state index contributed by atoms with van der Waals surface area (Å²) in [6, 6.07) is 18.4. The Morgan fingerprint density at radius 1 is 1.00 bits per heavy atom. The van der Waals surface area contributed by atoms with Gasteiger partial charge in [-0.15, -0.1) is 0 Å². The van der Waals surface area contributed by atoms with E-state index in [0.717, 1.165) is 24.2 Å². The minimum Gasteiger partial charge on any atom is -0.381 e. The van der Waals surface area contributed by atoms with E-state index in [1.54, 1.807) is 0 Å². The van der Waals surface area contributed by atoms with Gasteiger partial charge in [0.1, 0.15) is 0 Å². The third-order valence-electron chi connectivity index (χ3n) is 4.43. The Kier molecular flexibility index (Phi) is 5.49. The second-order valence-corrected chi connectivity index (χ2v) is 6.23. The quantitative estimate of drug-likeness (QED) is 0.865. The molecule has 0 saturated carbocycles. The average Bonchev–Trinajstić information content (AvgIpc) is 2.65. The van der Waals surface area contributed by atoms with Crippen molar-refractivity contribution in [3.8, 4) is 0 Å². The normalized spacial score (nSPS) is 16.4. The number of rotatable bonds is 5. The van der Waals surface area contributed by atoms with Crippen molar-refractivity contribution in [1.29, 1.82) is 0 Å². The fourth-order valence-electron chi connectivity index (χ4n) is 2.93. The minimum atomic E-state index is 0.0645. The lowest BCUT2D eigenvalue weighted by atomic mass is 9.99. The van der Waals surface area contributed by atoms with Gasteiger partial charge >= 0.3 is 0 Å². The lowest BCUT2D eigenvalue weighted by Gasteiger charge is -2.21. The van der Waals surface area contributed by atoms with E-state index in [9.17, 15) is 4.79 Å². The van der Waals surface area contributed by atoms with Crippen LogP contribution in [-0.2, 0) is 9.53 Å². The van der Waals surface area contributed by atoms with Crippen molar-refractivity contribution in [2.24, 2.45) is 5.92 Å². The van der Waals surface area contributed by atoms with Gasteiger partial charge in [-0.05, 0) is 49.6 Å². The van der Waals surface area contributed by atoms with Crippen molar-refractivity contribution in [2.75, 3.05) is 23.8 Å². The lowest BCUT2D eigenvalue weighted by molar-refractivity contribution is -0.122. The zero-order valence-electron chi connectivity index (χ0n) is 14.0. The average molecular weight is 324 g/mol. The molecule has 0 aliphatic carbocycles. The first-order chi connectivity index (χ1) is 11.7. The second kappa shape index (κ2) is 7.97. The summed E-state index contributed by atoms with van der Waals surface area (Å²) in [5.41, 5.74) is 3.12. The molecule has 2 N–H and O–H groups in total. The van der Waals surface area contributed by atoms with Gasteiger partial charge in [-0.25, -0.2) is 0 Å². The van der Waals surface area contributed by atoms with Crippen molar-refractivity contribution in [1.82, 2.24) is 0 Å². The Hall–Kier alpha value is -2.33. The van der Waals surface area contributed by atoms with Crippen LogP contribution in [0.4, 0.5) is 11.4 Å². The number of nitrogens with one attached hydrogen (secondary N) is 2. The molecule has 1 heterocycles. The van der Waals surface area contributed by atoms with Crippen LogP contribution in [0.3, 0.4) is 0 Å². The summed E-state index contributed by atoms with van der Waals surface area (Å²) in [7, 11) is 0. The molecule has 2 aromatic rings. The third-order valence-corrected chi connectivity index (χ3v) is 4.43. The molecule has 1 saturated heterocycles. The van der Waals surface area contributed by atoms with Crippen LogP contribution in [0.5, 0.6) is 0 Å². The molecule has 4 heteroatoms. The first-order valence-electron chi connectivity index (χ1n) is 8.52. The summed E-state index contributed by atoms with van der Waals surface area (Å²) >= 11 is 0. The zero-order valence-corrected chi connectivity index (χ0v) is 14.0. The lowest BCUT2D eigenvalue weighted by Crippen LogP contribution is -2.28. The molecule has 24 heavy (non-hydrogen) atoms. The van der Waals surface area contributed by atoms with Gasteiger partial charge in [0.25, 0.3) is 0 Å². The Labute approximate surface area is 143 Å². The van der Waals surface area contributed by atoms with Gasteiger partial charge in [-0.3, -0.25) is 4.79 Å². The monoisotopic (exact) mass is 324 g/mol. The molecule has 1 aliphatic heterocycles. The molecular weight excluding hydrogens is 300 g/mol. The van der Waals surface area contributed by atoms with Gasteiger partial charge < -0.3 is 15.4 Å². The second-order valence-electron chi connectivity index (χ2n) is 6.23. The number of anilines is 2. The maximum atomic E-state index is 12.2. The summed E-state index contributed by atoms with van der Waals surface area (Å²) in [4.78, 5) is 12.2. The van der Waals surface area contributed by atoms with E-state index in [-0.39, 0.29) is 17.9 Å². The van der Waals surface area contributed by atoms with Gasteiger partial charge in [-0.2, -0.15) is 0 Å². The van der Waals surface area contributed by atoms with Crippen LogP contribution in [0.15, 0.2) is 54.6 Å². The standard InChI is InChI=1S/C20H24N2O2/c1-15(16-5-3-2-4-6-16)21-18-7-9-19(10-8-18)22-20(23)17-11-13-24-14-12-17/h2-10,15,17,21H,11-14H2,1H3,(H,22,23). The highest BCUT2D eigenvalue weighted by molar-refractivity contribution is 5.92. The molecule has 1 aliphatic rings. The van der Waals surface area contributed by atoms with Crippen molar-refractivity contribution in [3.63, 3.8) is 0 Å². The topological polar surface area (TPSA) is 50.4 Å². The van der Waals surface area contributed by atoms with Crippen LogP contribution >= 0.6 is 0 Å². The number of carbonyl (C=O) groups excluding carboxylic acids is 1. The predicted molar refractivity (Wildman–Crippen MR) is 97.1 cm³/mol. The molecule has 0 radical (unpaired) electrons. The molecule has 3 rings (SSSR count). The maximum Gasteiger partial charge on any atom is 0.227 e. The summed E-state index contributed by atoms with van der Waals surface area (Å²) in [5, 5.41) is 6.47. The number of hydrogen-bond donors (Lipinski definition) is 2. The van der Waals surface area contributed by atoms with E-state index in [0.29, 0.717) is 13.2 Å². The maximum absolute atomic E-state index is 12.2. The molecule has 126 valence electrons. The molecule has 1 fully saturated rings. The Balaban J connectivity index is 1.56. The van der Waals surface area contributed by atoms with Crippen LogP contribution in [0, 0.1) is 5.92 Å². The predicted octanol–water partition coefficient (Wildman–Crippen LogP) is 4.22. The van der Waals surface area contributed by atoms with Crippen molar-refractivity contribution >= 4 is 17.3 Å². The molecule has 0 aromatic heterocycles. The molecule has 4 nitrogen and oxygen atoms in total. The molecule has 0 bridgehead atoms. The number of carbonyl (C=O) groups is 1. The molecule has 1 unspecified atom stereocenters. The smallest absolute Gasteiger partial charge is 0.227 e. The number of amides is 1. The van der Waals surface area contributed by atoms with Crippen molar-refractivity contribution < 1.29 is 9.53 Å². The first-order valence-corrected chi connectivity index (χ1v) is 8.52. The fourth-order valence-corrected chi connectivity index (χ4v) is 2.93. The van der Waals surface area contributed by atoms with E-state index >= 15 is 0 Å². The first kappa shape index (κ1) is 16.5. The van der Waals surface area contributed by atoms with Crippen LogP contribution in [-0.4, -0.2) is 19.1 Å². The highest BCUT2D eigenvalue weighted by atomic mass is 16.5. The Morgan fingerprint density at radius 2 is 1.62 bits per heavy atom. The Morgan fingerprint density at radius 3 is 2.29 bits per heavy atom. The Bertz CT molecular complexity index is 649. The van der Waals surface area contributed by atoms with Crippen molar-refractivity contribution in [3.05, 3.63) is 60.2 Å². The zero-order chi connectivity index (χ0) is 16.8. The van der Waals surface area contributed by atoms with Gasteiger partial charge in [0, 0.05) is 36.5 Å². The molecular formula is C20H24N2O2. The van der Waals surface area contributed by atoms with E-state index in [1.165, 1.54) is 5.56 Å². The minimum absolute atomic E-state index is 0.0645. The largest absolute Gasteiger partial charge is 0.381 e. The fraction of sp³-hybridized carbons (Fsp3) is 0.350. The summed E-state index contributed by atoms with van der Waals surface area (Å²) in [6.45, 7) is 3.49. The summed E-state index contributed by atoms with van der Waals surface area (Å²) in [5.74, 6) is 0.159. The van der Waals surface area contributed by atoms with Crippen LogP contribution in [0.1, 0.15) is 31.4 Å². The molecule has 1 amide bonds. The van der Waals surface area contributed by atoms with Crippen LogP contribution in [0.2, 0.25) is 0 Å². The van der Waals surface area contributed by atoms with Gasteiger partial charge in [0.15, 0.2) is 0 Å². The number of benzene rings is 2. The van der Waals surface area contributed by atoms with Gasteiger partial charge in [0.05, 0.1) is 0 Å². The van der Waals surface area contributed by atoms with E-state index in [1.807, 2.05) is 42.5 Å². The molecule has 2 aromatic carbocycles. The van der Waals surface area contributed by atoms with Crippen LogP contribution in [0.25, 0.3) is 0 Å². The molecule has 1 atom stereocenters. The van der Waals surface area contributed by atoms with E-state index < -0.39 is 0 Å². The number of ether oxygens (including phenoxy) is 1. The summed E-state index contributed by atoms with van der Waals surface area (Å²) < 4.78 is 5.30. The van der Waals surface area contributed by atoms with Gasteiger partial charge in [0.2, 0.25) is 5.91 Å². The highest BCUT2D eigenvalue weighted by Crippen LogP contribution is 2.22. The van der Waals surface area contributed by atoms with Crippen LogP contribution < -0.4 is 10.6 Å². The molecule has 0 spiro atoms. The summed E-state index contributed by atoms with van der Waals surface area (Å²) in [6.07, 6.45) is 1.61. The SMILES string of the molecule is CC(Nc1ccc(NC(=O)C2CCOCC2)cc1)c1ccccc1. The van der Waals surface area contributed by atoms with Crippen molar-refractivity contribution in [2.45, 2.75) is 25.8 Å². The van der Waals surface area contributed by atoms with E-state index in [2.05, 4.69) is 29.7 Å². The number of hydrogen-bond acceptors (Lipinski definition) is 3. The van der Waals surface area contributed by atoms with Gasteiger partial charge in [-0.1, -0.05) is 30.3 Å². The van der Waals surface area contributed by atoms with E-state index in [4.69, 9.17) is 4.74 Å².